The Hall–Kier alpha value is -1.36. The Kier molecular flexibility index (Phi) is 2.02. The molecule has 5 heteroatoms. The minimum absolute atomic E-state index is 0.366. The van der Waals surface area contributed by atoms with Crippen LogP contribution in [0, 0.1) is 0 Å². The van der Waals surface area contributed by atoms with Crippen LogP contribution in [0.25, 0.3) is 0 Å². The molecular weight excluding hydrogens is 166 g/mol. The second-order valence-corrected chi connectivity index (χ2v) is 3.27. The number of nitrogens with zero attached hydrogens (tertiary/aromatic N) is 2. The lowest BCUT2D eigenvalue weighted by Crippen LogP contribution is -2.12. The lowest BCUT2D eigenvalue weighted by Gasteiger charge is -2.07. The molecule has 2 heterocycles. The van der Waals surface area contributed by atoms with Crippen LogP contribution >= 0.6 is 0 Å². The van der Waals surface area contributed by atoms with E-state index in [1.54, 1.807) is 6.07 Å². The second kappa shape index (κ2) is 3.18. The average Bonchev–Trinajstić information content (AvgIpc) is 2.53. The van der Waals surface area contributed by atoms with Crippen molar-refractivity contribution in [2.24, 2.45) is 0 Å². The first-order chi connectivity index (χ1) is 6.25. The quantitative estimate of drug-likeness (QED) is 0.551. The van der Waals surface area contributed by atoms with Crippen molar-refractivity contribution >= 4 is 11.6 Å². The first-order valence-electron chi connectivity index (χ1n) is 4.36. The summed E-state index contributed by atoms with van der Waals surface area (Å²) in [7, 11) is 0. The molecule has 0 radical (unpaired) electrons. The molecule has 1 aliphatic heterocycles. The van der Waals surface area contributed by atoms with Gasteiger partial charge in [0, 0.05) is 18.5 Å². The Morgan fingerprint density at radius 1 is 1.31 bits per heavy atom. The maximum atomic E-state index is 5.58. The van der Waals surface area contributed by atoms with Crippen molar-refractivity contribution in [3.05, 3.63) is 11.9 Å². The largest absolute Gasteiger partial charge is 0.384 e. The molecule has 5 N–H and O–H groups in total. The molecule has 70 valence electrons. The maximum Gasteiger partial charge on any atom is 0.137 e. The molecule has 1 atom stereocenters. The van der Waals surface area contributed by atoms with Crippen LogP contribution in [0.1, 0.15) is 18.2 Å². The Bertz CT molecular complexity index is 285. The van der Waals surface area contributed by atoms with Gasteiger partial charge in [0.05, 0.1) is 0 Å². The van der Waals surface area contributed by atoms with Crippen molar-refractivity contribution < 1.29 is 0 Å². The van der Waals surface area contributed by atoms with Gasteiger partial charge in [0.15, 0.2) is 0 Å². The maximum absolute atomic E-state index is 5.58. The third kappa shape index (κ3) is 1.70. The number of anilines is 2. The number of hydrogen-bond donors (Lipinski definition) is 3. The predicted octanol–water partition coefficient (Wildman–Crippen LogP) is -0.282. The van der Waals surface area contributed by atoms with E-state index in [-0.39, 0.29) is 0 Å². The van der Waals surface area contributed by atoms with Gasteiger partial charge in [0.25, 0.3) is 0 Å². The van der Waals surface area contributed by atoms with Crippen LogP contribution in [0.2, 0.25) is 0 Å². The van der Waals surface area contributed by atoms with Gasteiger partial charge in [-0.25, -0.2) is 9.97 Å². The van der Waals surface area contributed by atoms with Crippen molar-refractivity contribution in [3.63, 3.8) is 0 Å². The van der Waals surface area contributed by atoms with E-state index in [1.807, 2.05) is 0 Å². The van der Waals surface area contributed by atoms with E-state index < -0.39 is 0 Å². The molecule has 0 saturated carbocycles. The van der Waals surface area contributed by atoms with Gasteiger partial charge in [0.2, 0.25) is 0 Å². The topological polar surface area (TPSA) is 89.9 Å². The fourth-order valence-corrected chi connectivity index (χ4v) is 1.56. The number of nitrogen functional groups attached to an aromatic ring is 2. The minimum Gasteiger partial charge on any atom is -0.384 e. The first kappa shape index (κ1) is 8.25. The highest BCUT2D eigenvalue weighted by molar-refractivity contribution is 5.41. The smallest absolute Gasteiger partial charge is 0.137 e. The van der Waals surface area contributed by atoms with Crippen molar-refractivity contribution in [2.75, 3.05) is 24.6 Å². The van der Waals surface area contributed by atoms with Crippen LogP contribution in [0.4, 0.5) is 11.6 Å². The van der Waals surface area contributed by atoms with Gasteiger partial charge < -0.3 is 16.8 Å². The summed E-state index contributed by atoms with van der Waals surface area (Å²) < 4.78 is 0. The molecule has 1 aromatic rings. The highest BCUT2D eigenvalue weighted by atomic mass is 15.0. The number of hydrogen-bond acceptors (Lipinski definition) is 5. The molecule has 5 nitrogen and oxygen atoms in total. The summed E-state index contributed by atoms with van der Waals surface area (Å²) in [6, 6.07) is 1.58. The standard InChI is InChI=1S/C8H13N5/c9-6-3-7(10)13-8(12-6)5-1-2-11-4-5/h3,5,11H,1-2,4H2,(H4,9,10,12,13). The zero-order valence-electron chi connectivity index (χ0n) is 7.33. The first-order valence-corrected chi connectivity index (χ1v) is 4.36. The van der Waals surface area contributed by atoms with E-state index in [2.05, 4.69) is 15.3 Å². The zero-order valence-corrected chi connectivity index (χ0v) is 7.33. The van der Waals surface area contributed by atoms with Crippen molar-refractivity contribution in [1.82, 2.24) is 15.3 Å². The molecule has 1 saturated heterocycles. The minimum atomic E-state index is 0.366. The monoisotopic (exact) mass is 179 g/mol. The molecule has 0 amide bonds. The van der Waals surface area contributed by atoms with Gasteiger partial charge in [0.1, 0.15) is 17.5 Å². The normalized spacial score (nSPS) is 22.0. The van der Waals surface area contributed by atoms with Crippen molar-refractivity contribution in [1.29, 1.82) is 0 Å². The van der Waals surface area contributed by atoms with E-state index in [0.717, 1.165) is 25.3 Å². The third-order valence-corrected chi connectivity index (χ3v) is 2.21. The van der Waals surface area contributed by atoms with Crippen LogP contribution in [-0.4, -0.2) is 23.1 Å². The zero-order chi connectivity index (χ0) is 9.26. The molecule has 1 aliphatic rings. The SMILES string of the molecule is Nc1cc(N)nc(C2CCNC2)n1. The summed E-state index contributed by atoms with van der Waals surface area (Å²) in [6.07, 6.45) is 1.06. The average molecular weight is 179 g/mol. The van der Waals surface area contributed by atoms with Gasteiger partial charge in [-0.3, -0.25) is 0 Å². The van der Waals surface area contributed by atoms with E-state index in [4.69, 9.17) is 11.5 Å². The van der Waals surface area contributed by atoms with E-state index >= 15 is 0 Å². The summed E-state index contributed by atoms with van der Waals surface area (Å²) in [4.78, 5) is 8.33. The third-order valence-electron chi connectivity index (χ3n) is 2.21. The van der Waals surface area contributed by atoms with Gasteiger partial charge in [-0.2, -0.15) is 0 Å². The van der Waals surface area contributed by atoms with Gasteiger partial charge >= 0.3 is 0 Å². The summed E-state index contributed by atoms with van der Waals surface area (Å²) in [5, 5.41) is 3.25. The fraction of sp³-hybridized carbons (Fsp3) is 0.500. The van der Waals surface area contributed by atoms with Gasteiger partial charge in [-0.05, 0) is 13.0 Å². The van der Waals surface area contributed by atoms with Crippen LogP contribution < -0.4 is 16.8 Å². The molecule has 0 aliphatic carbocycles. The molecule has 13 heavy (non-hydrogen) atoms. The van der Waals surface area contributed by atoms with Crippen LogP contribution in [0.15, 0.2) is 6.07 Å². The Labute approximate surface area is 76.6 Å². The Morgan fingerprint density at radius 3 is 2.54 bits per heavy atom. The predicted molar refractivity (Wildman–Crippen MR) is 51.1 cm³/mol. The van der Waals surface area contributed by atoms with Crippen molar-refractivity contribution in [3.8, 4) is 0 Å². The number of rotatable bonds is 1. The van der Waals surface area contributed by atoms with E-state index in [1.165, 1.54) is 0 Å². The summed E-state index contributed by atoms with van der Waals surface area (Å²) >= 11 is 0. The summed E-state index contributed by atoms with van der Waals surface area (Å²) in [5.74, 6) is 2.04. The highest BCUT2D eigenvalue weighted by Crippen LogP contribution is 2.20. The van der Waals surface area contributed by atoms with Crippen LogP contribution in [0.3, 0.4) is 0 Å². The lowest BCUT2D eigenvalue weighted by atomic mass is 10.1. The molecule has 1 unspecified atom stereocenters. The summed E-state index contributed by atoms with van der Waals surface area (Å²) in [5.41, 5.74) is 11.2. The number of aromatic nitrogens is 2. The molecule has 1 aromatic heterocycles. The lowest BCUT2D eigenvalue weighted by molar-refractivity contribution is 0.705. The number of nitrogens with two attached hydrogens (primary N) is 2. The molecule has 0 bridgehead atoms. The highest BCUT2D eigenvalue weighted by Gasteiger charge is 2.19. The van der Waals surface area contributed by atoms with Crippen molar-refractivity contribution in [2.45, 2.75) is 12.3 Å². The molecule has 0 aromatic carbocycles. The molecular formula is C8H13N5. The van der Waals surface area contributed by atoms with E-state index in [9.17, 15) is 0 Å². The Balaban J connectivity index is 2.28. The van der Waals surface area contributed by atoms with Crippen LogP contribution in [-0.2, 0) is 0 Å². The van der Waals surface area contributed by atoms with E-state index in [0.29, 0.717) is 17.6 Å². The molecule has 0 spiro atoms. The van der Waals surface area contributed by atoms with Crippen LogP contribution in [0.5, 0.6) is 0 Å². The van der Waals surface area contributed by atoms with Gasteiger partial charge in [-0.1, -0.05) is 0 Å². The summed E-state index contributed by atoms with van der Waals surface area (Å²) in [6.45, 7) is 1.94. The number of nitrogens with one attached hydrogen (secondary N) is 1. The molecule has 1 fully saturated rings. The molecule has 2 rings (SSSR count). The fourth-order valence-electron chi connectivity index (χ4n) is 1.56. The van der Waals surface area contributed by atoms with Gasteiger partial charge in [-0.15, -0.1) is 0 Å². The Morgan fingerprint density at radius 2 is 2.00 bits per heavy atom. The second-order valence-electron chi connectivity index (χ2n) is 3.27.